The topological polar surface area (TPSA) is 92.7 Å². The molecule has 0 atom stereocenters. The molecular formula is C17H15NO5. The number of aromatic carboxylic acids is 1. The van der Waals surface area contributed by atoms with Crippen LogP contribution in [0.3, 0.4) is 0 Å². The second-order valence-electron chi connectivity index (χ2n) is 4.80. The molecule has 0 heterocycles. The molecule has 0 bridgehead atoms. The molecule has 6 nitrogen and oxygen atoms in total. The molecule has 118 valence electrons. The number of ketones is 1. The molecule has 0 fully saturated rings. The van der Waals surface area contributed by atoms with E-state index in [4.69, 9.17) is 9.84 Å². The van der Waals surface area contributed by atoms with E-state index < -0.39 is 5.97 Å². The summed E-state index contributed by atoms with van der Waals surface area (Å²) in [6, 6.07) is 12.3. The van der Waals surface area contributed by atoms with Crippen LogP contribution < -0.4 is 10.1 Å². The number of carboxylic acid groups (broad SMARTS) is 1. The Labute approximate surface area is 132 Å². The van der Waals surface area contributed by atoms with Crippen molar-refractivity contribution in [2.75, 3.05) is 11.9 Å². The molecule has 0 radical (unpaired) electrons. The van der Waals surface area contributed by atoms with E-state index in [1.54, 1.807) is 24.3 Å². The molecule has 2 rings (SSSR count). The zero-order valence-corrected chi connectivity index (χ0v) is 12.4. The van der Waals surface area contributed by atoms with Crippen molar-refractivity contribution in [3.63, 3.8) is 0 Å². The number of hydrogen-bond acceptors (Lipinski definition) is 4. The summed E-state index contributed by atoms with van der Waals surface area (Å²) in [5, 5.41) is 11.4. The molecule has 6 heteroatoms. The Bertz CT molecular complexity index is 737. The first-order chi connectivity index (χ1) is 11.0. The van der Waals surface area contributed by atoms with Gasteiger partial charge in [-0.3, -0.25) is 9.59 Å². The van der Waals surface area contributed by atoms with Gasteiger partial charge in [-0.15, -0.1) is 0 Å². The molecule has 0 spiro atoms. The van der Waals surface area contributed by atoms with Crippen molar-refractivity contribution in [2.24, 2.45) is 0 Å². The summed E-state index contributed by atoms with van der Waals surface area (Å²) in [4.78, 5) is 33.8. The average Bonchev–Trinajstić information content (AvgIpc) is 2.53. The fourth-order valence-electron chi connectivity index (χ4n) is 1.86. The van der Waals surface area contributed by atoms with Crippen LogP contribution in [-0.2, 0) is 4.79 Å². The molecule has 2 N–H and O–H groups in total. The Morgan fingerprint density at radius 2 is 1.74 bits per heavy atom. The summed E-state index contributed by atoms with van der Waals surface area (Å²) in [6.45, 7) is 1.22. The number of amides is 1. The van der Waals surface area contributed by atoms with Crippen molar-refractivity contribution in [2.45, 2.75) is 6.92 Å². The summed E-state index contributed by atoms with van der Waals surface area (Å²) in [5.74, 6) is -1.11. The number of rotatable bonds is 6. The van der Waals surface area contributed by atoms with Crippen LogP contribution in [-0.4, -0.2) is 29.4 Å². The van der Waals surface area contributed by atoms with E-state index >= 15 is 0 Å². The number of carbonyl (C=O) groups excluding carboxylic acids is 2. The number of nitrogens with one attached hydrogen (secondary N) is 1. The maximum Gasteiger partial charge on any atom is 0.335 e. The molecule has 0 unspecified atom stereocenters. The third-order valence-corrected chi connectivity index (χ3v) is 3.02. The van der Waals surface area contributed by atoms with Crippen LogP contribution in [0.15, 0.2) is 48.5 Å². The minimum atomic E-state index is -1.03. The van der Waals surface area contributed by atoms with Crippen molar-refractivity contribution in [1.82, 2.24) is 0 Å². The van der Waals surface area contributed by atoms with Crippen molar-refractivity contribution >= 4 is 23.3 Å². The summed E-state index contributed by atoms with van der Waals surface area (Å²) in [6.07, 6.45) is 0. The Morgan fingerprint density at radius 1 is 1.04 bits per heavy atom. The molecule has 23 heavy (non-hydrogen) atoms. The average molecular weight is 313 g/mol. The lowest BCUT2D eigenvalue weighted by Gasteiger charge is -2.08. The third kappa shape index (κ3) is 4.67. The lowest BCUT2D eigenvalue weighted by Crippen LogP contribution is -2.20. The first-order valence-corrected chi connectivity index (χ1v) is 6.83. The first kappa shape index (κ1) is 16.2. The van der Waals surface area contributed by atoms with Crippen molar-refractivity contribution in [3.8, 4) is 5.75 Å². The zero-order chi connectivity index (χ0) is 16.8. The highest BCUT2D eigenvalue weighted by Gasteiger charge is 2.07. The van der Waals surface area contributed by atoms with Gasteiger partial charge >= 0.3 is 5.97 Å². The Hall–Kier alpha value is -3.15. The minimum Gasteiger partial charge on any atom is -0.484 e. The smallest absolute Gasteiger partial charge is 0.335 e. The molecule has 1 amide bonds. The van der Waals surface area contributed by atoms with Crippen molar-refractivity contribution in [3.05, 3.63) is 59.7 Å². The van der Waals surface area contributed by atoms with Crippen LogP contribution in [0, 0.1) is 0 Å². The molecule has 0 aromatic heterocycles. The van der Waals surface area contributed by atoms with Crippen LogP contribution >= 0.6 is 0 Å². The predicted octanol–water partition coefficient (Wildman–Crippen LogP) is 2.60. The quantitative estimate of drug-likeness (QED) is 0.800. The third-order valence-electron chi connectivity index (χ3n) is 3.02. The molecule has 2 aromatic carbocycles. The normalized spacial score (nSPS) is 9.96. The molecule has 0 aliphatic heterocycles. The van der Waals surface area contributed by atoms with E-state index in [2.05, 4.69) is 5.32 Å². The number of benzene rings is 2. The second-order valence-corrected chi connectivity index (χ2v) is 4.80. The summed E-state index contributed by atoms with van der Waals surface area (Å²) < 4.78 is 5.28. The number of anilines is 1. The Morgan fingerprint density at radius 3 is 2.35 bits per heavy atom. The molecule has 0 aliphatic rings. The monoisotopic (exact) mass is 313 g/mol. The molecule has 2 aromatic rings. The van der Waals surface area contributed by atoms with E-state index in [9.17, 15) is 14.4 Å². The van der Waals surface area contributed by atoms with Gasteiger partial charge in [-0.2, -0.15) is 0 Å². The largest absolute Gasteiger partial charge is 0.484 e. The van der Waals surface area contributed by atoms with Gasteiger partial charge in [0.25, 0.3) is 5.91 Å². The summed E-state index contributed by atoms with van der Waals surface area (Å²) >= 11 is 0. The fraction of sp³-hybridized carbons (Fsp3) is 0.118. The second kappa shape index (κ2) is 7.22. The van der Waals surface area contributed by atoms with E-state index in [1.165, 1.54) is 31.2 Å². The van der Waals surface area contributed by atoms with Crippen molar-refractivity contribution < 1.29 is 24.2 Å². The standard InChI is InChI=1S/C17H15NO5/c1-11(19)13-3-2-4-14(9-13)18-16(20)10-23-15-7-5-12(6-8-15)17(21)22/h2-9H,10H2,1H3,(H,18,20)(H,21,22). The summed E-state index contributed by atoms with van der Waals surface area (Å²) in [5.41, 5.74) is 1.16. The van der Waals surface area contributed by atoms with Gasteiger partial charge in [-0.25, -0.2) is 4.79 Å². The van der Waals surface area contributed by atoms with Gasteiger partial charge in [0.1, 0.15) is 5.75 Å². The van der Waals surface area contributed by atoms with Gasteiger partial charge in [0.05, 0.1) is 5.56 Å². The van der Waals surface area contributed by atoms with Crippen molar-refractivity contribution in [1.29, 1.82) is 0 Å². The van der Waals surface area contributed by atoms with E-state index in [1.807, 2.05) is 0 Å². The SMILES string of the molecule is CC(=O)c1cccc(NC(=O)COc2ccc(C(=O)O)cc2)c1. The van der Waals surface area contributed by atoms with Gasteiger partial charge < -0.3 is 15.2 Å². The molecule has 0 saturated carbocycles. The lowest BCUT2D eigenvalue weighted by molar-refractivity contribution is -0.118. The number of ether oxygens (including phenoxy) is 1. The molecular weight excluding hydrogens is 298 g/mol. The predicted molar refractivity (Wildman–Crippen MR) is 84.0 cm³/mol. The van der Waals surface area contributed by atoms with E-state index in [0.29, 0.717) is 17.0 Å². The van der Waals surface area contributed by atoms with Crippen LogP contribution in [0.1, 0.15) is 27.6 Å². The Balaban J connectivity index is 1.91. The van der Waals surface area contributed by atoms with E-state index in [0.717, 1.165) is 0 Å². The lowest BCUT2D eigenvalue weighted by atomic mass is 10.1. The molecule has 0 aliphatic carbocycles. The number of carbonyl (C=O) groups is 3. The maximum atomic E-state index is 11.8. The maximum absolute atomic E-state index is 11.8. The minimum absolute atomic E-state index is 0.0872. The highest BCUT2D eigenvalue weighted by Crippen LogP contribution is 2.13. The zero-order valence-electron chi connectivity index (χ0n) is 12.4. The number of carboxylic acids is 1. The van der Waals surface area contributed by atoms with Gasteiger partial charge in [0, 0.05) is 11.3 Å². The van der Waals surface area contributed by atoms with Crippen LogP contribution in [0.5, 0.6) is 5.75 Å². The van der Waals surface area contributed by atoms with E-state index in [-0.39, 0.29) is 23.9 Å². The van der Waals surface area contributed by atoms with Gasteiger partial charge in [-0.1, -0.05) is 12.1 Å². The summed E-state index contributed by atoms with van der Waals surface area (Å²) in [7, 11) is 0. The number of Topliss-reactive ketones (excluding diaryl/α,β-unsaturated/α-hetero) is 1. The van der Waals surface area contributed by atoms with Crippen LogP contribution in [0.25, 0.3) is 0 Å². The van der Waals surface area contributed by atoms with Gasteiger partial charge in [-0.05, 0) is 43.3 Å². The first-order valence-electron chi connectivity index (χ1n) is 6.83. The van der Waals surface area contributed by atoms with Crippen LogP contribution in [0.2, 0.25) is 0 Å². The highest BCUT2D eigenvalue weighted by molar-refractivity contribution is 5.97. The Kier molecular flexibility index (Phi) is 5.09. The van der Waals surface area contributed by atoms with Crippen LogP contribution in [0.4, 0.5) is 5.69 Å². The molecule has 0 saturated heterocycles. The fourth-order valence-corrected chi connectivity index (χ4v) is 1.86. The van der Waals surface area contributed by atoms with Gasteiger partial charge in [0.15, 0.2) is 12.4 Å². The highest BCUT2D eigenvalue weighted by atomic mass is 16.5. The van der Waals surface area contributed by atoms with Gasteiger partial charge in [0.2, 0.25) is 0 Å². The number of hydrogen-bond donors (Lipinski definition) is 2.